The van der Waals surface area contributed by atoms with Crippen LogP contribution in [-0.2, 0) is 4.74 Å². The molecule has 0 bridgehead atoms. The number of nitro benzene ring substituents is 1. The number of rotatable bonds is 7. The third-order valence-corrected chi connectivity index (χ3v) is 4.55. The summed E-state index contributed by atoms with van der Waals surface area (Å²) >= 11 is 5.79. The fourth-order valence-electron chi connectivity index (χ4n) is 2.72. The molecule has 3 rings (SSSR count). The summed E-state index contributed by atoms with van der Waals surface area (Å²) in [5.41, 5.74) is -0.0990. The van der Waals surface area contributed by atoms with Crippen molar-refractivity contribution < 1.29 is 24.0 Å². The Labute approximate surface area is 176 Å². The van der Waals surface area contributed by atoms with Gasteiger partial charge in [-0.3, -0.25) is 19.7 Å². The van der Waals surface area contributed by atoms with Crippen molar-refractivity contribution >= 4 is 34.8 Å². The van der Waals surface area contributed by atoms with Crippen LogP contribution in [0.5, 0.6) is 0 Å². The van der Waals surface area contributed by atoms with Crippen molar-refractivity contribution in [3.63, 3.8) is 0 Å². The molecule has 0 atom stereocenters. The summed E-state index contributed by atoms with van der Waals surface area (Å²) < 4.78 is 5.08. The molecular weight excluding hydrogens is 410 g/mol. The second-order valence-electron chi connectivity index (χ2n) is 6.16. The van der Waals surface area contributed by atoms with E-state index in [-0.39, 0.29) is 27.5 Å². The average Bonchev–Trinajstić information content (AvgIpc) is 2.77. The van der Waals surface area contributed by atoms with Crippen molar-refractivity contribution in [2.45, 2.75) is 0 Å². The van der Waals surface area contributed by atoms with Crippen LogP contribution in [0, 0.1) is 10.1 Å². The van der Waals surface area contributed by atoms with Gasteiger partial charge in [-0.05, 0) is 18.2 Å². The molecule has 30 heavy (non-hydrogen) atoms. The van der Waals surface area contributed by atoms with E-state index in [0.717, 1.165) is 6.07 Å². The highest BCUT2D eigenvalue weighted by atomic mass is 35.5. The van der Waals surface area contributed by atoms with Crippen molar-refractivity contribution in [1.82, 2.24) is 0 Å². The van der Waals surface area contributed by atoms with Crippen LogP contribution in [0.4, 0.5) is 5.69 Å². The summed E-state index contributed by atoms with van der Waals surface area (Å²) in [5.74, 6) is -1.86. The van der Waals surface area contributed by atoms with Crippen molar-refractivity contribution in [3.8, 4) is 0 Å². The van der Waals surface area contributed by atoms with Gasteiger partial charge in [0.05, 0.1) is 10.5 Å². The Bertz CT molecular complexity index is 1140. The molecule has 0 saturated carbocycles. The number of benzene rings is 3. The predicted molar refractivity (Wildman–Crippen MR) is 109 cm³/mol. The van der Waals surface area contributed by atoms with Crippen LogP contribution in [0.1, 0.15) is 36.6 Å². The van der Waals surface area contributed by atoms with E-state index in [1.165, 1.54) is 30.3 Å². The number of nitro groups is 1. The maximum absolute atomic E-state index is 12.9. The van der Waals surface area contributed by atoms with Crippen LogP contribution in [0.15, 0.2) is 72.8 Å². The second-order valence-corrected chi connectivity index (χ2v) is 6.57. The molecule has 0 unspecified atom stereocenters. The lowest BCUT2D eigenvalue weighted by atomic mass is 9.98. The Morgan fingerprint density at radius 2 is 1.50 bits per heavy atom. The van der Waals surface area contributed by atoms with Crippen LogP contribution in [-0.4, -0.2) is 29.1 Å². The van der Waals surface area contributed by atoms with Crippen molar-refractivity contribution in [2.24, 2.45) is 0 Å². The number of hydrogen-bond acceptors (Lipinski definition) is 6. The lowest BCUT2D eigenvalue weighted by Crippen LogP contribution is -2.17. The molecule has 0 fully saturated rings. The zero-order chi connectivity index (χ0) is 21.7. The van der Waals surface area contributed by atoms with Crippen LogP contribution in [0.2, 0.25) is 5.02 Å². The summed E-state index contributed by atoms with van der Waals surface area (Å²) in [6, 6.07) is 17.8. The van der Waals surface area contributed by atoms with E-state index in [4.69, 9.17) is 16.3 Å². The highest BCUT2D eigenvalue weighted by Crippen LogP contribution is 2.27. The highest BCUT2D eigenvalue weighted by Gasteiger charge is 2.22. The molecule has 8 heteroatoms. The van der Waals surface area contributed by atoms with E-state index in [2.05, 4.69) is 0 Å². The van der Waals surface area contributed by atoms with Gasteiger partial charge in [0, 0.05) is 22.8 Å². The molecule has 7 nitrogen and oxygen atoms in total. The molecule has 3 aromatic carbocycles. The fourth-order valence-corrected chi connectivity index (χ4v) is 2.91. The normalized spacial score (nSPS) is 10.3. The quantitative estimate of drug-likeness (QED) is 0.239. The zero-order valence-corrected chi connectivity index (χ0v) is 16.2. The summed E-state index contributed by atoms with van der Waals surface area (Å²) in [4.78, 5) is 47.9. The lowest BCUT2D eigenvalue weighted by Gasteiger charge is -2.09. The number of halogens is 1. The van der Waals surface area contributed by atoms with E-state index >= 15 is 0 Å². The minimum absolute atomic E-state index is 0.00767. The van der Waals surface area contributed by atoms with E-state index < -0.39 is 29.0 Å². The average molecular weight is 424 g/mol. The van der Waals surface area contributed by atoms with Gasteiger partial charge in [-0.15, -0.1) is 0 Å². The Kier molecular flexibility index (Phi) is 6.34. The van der Waals surface area contributed by atoms with Gasteiger partial charge in [-0.1, -0.05) is 60.1 Å². The second kappa shape index (κ2) is 9.11. The molecule has 3 aromatic rings. The smallest absolute Gasteiger partial charge is 0.339 e. The minimum atomic E-state index is -0.855. The first kappa shape index (κ1) is 20.9. The van der Waals surface area contributed by atoms with Gasteiger partial charge in [-0.2, -0.15) is 0 Å². The summed E-state index contributed by atoms with van der Waals surface area (Å²) in [6.07, 6.45) is 0. The molecule has 0 radical (unpaired) electrons. The summed E-state index contributed by atoms with van der Waals surface area (Å²) in [5, 5.41) is 11.0. The Balaban J connectivity index is 1.83. The molecule has 0 aliphatic rings. The molecular formula is C22H14ClNO6. The van der Waals surface area contributed by atoms with Gasteiger partial charge in [-0.25, -0.2) is 4.79 Å². The third-order valence-electron chi connectivity index (χ3n) is 4.23. The van der Waals surface area contributed by atoms with Crippen LogP contribution < -0.4 is 0 Å². The molecule has 0 saturated heterocycles. The maximum Gasteiger partial charge on any atom is 0.339 e. The molecule has 0 aromatic heterocycles. The number of Topliss-reactive ketones (excluding diaryl/α,β-unsaturated/α-hetero) is 1. The minimum Gasteiger partial charge on any atom is -0.454 e. The number of carbonyl (C=O) groups excluding carboxylic acids is 3. The van der Waals surface area contributed by atoms with E-state index in [1.807, 2.05) is 0 Å². The molecule has 0 aliphatic carbocycles. The highest BCUT2D eigenvalue weighted by molar-refractivity contribution is 6.33. The number of hydrogen-bond donors (Lipinski definition) is 0. The lowest BCUT2D eigenvalue weighted by molar-refractivity contribution is -0.384. The SMILES string of the molecule is O=C(COC(=O)c1ccccc1C(=O)c1ccc(Cl)c([N+](=O)[O-])c1)c1ccccc1. The first-order valence-electron chi connectivity index (χ1n) is 8.71. The summed E-state index contributed by atoms with van der Waals surface area (Å²) in [7, 11) is 0. The standard InChI is InChI=1S/C22H14ClNO6/c23-18-11-10-15(12-19(18)24(28)29)21(26)16-8-4-5-9-17(16)22(27)30-13-20(25)14-6-2-1-3-7-14/h1-12H,13H2. The van der Waals surface area contributed by atoms with Crippen molar-refractivity contribution in [2.75, 3.05) is 6.61 Å². The Hall–Kier alpha value is -3.84. The maximum atomic E-state index is 12.9. The van der Waals surface area contributed by atoms with Crippen LogP contribution in [0.25, 0.3) is 0 Å². The number of carbonyl (C=O) groups is 3. The number of ketones is 2. The van der Waals surface area contributed by atoms with Crippen LogP contribution in [0.3, 0.4) is 0 Å². The van der Waals surface area contributed by atoms with E-state index in [0.29, 0.717) is 5.56 Å². The largest absolute Gasteiger partial charge is 0.454 e. The first-order valence-corrected chi connectivity index (χ1v) is 9.09. The van der Waals surface area contributed by atoms with Crippen molar-refractivity contribution in [1.29, 1.82) is 0 Å². The first-order chi connectivity index (χ1) is 14.4. The molecule has 0 aliphatic heterocycles. The Morgan fingerprint density at radius 1 is 0.867 bits per heavy atom. The van der Waals surface area contributed by atoms with Gasteiger partial charge in [0.1, 0.15) is 5.02 Å². The zero-order valence-electron chi connectivity index (χ0n) is 15.4. The molecule has 150 valence electrons. The van der Waals surface area contributed by atoms with E-state index in [1.54, 1.807) is 36.4 Å². The Morgan fingerprint density at radius 3 is 2.17 bits per heavy atom. The fraction of sp³-hybridized carbons (Fsp3) is 0.0455. The van der Waals surface area contributed by atoms with Crippen LogP contribution >= 0.6 is 11.6 Å². The summed E-state index contributed by atoms with van der Waals surface area (Å²) in [6.45, 7) is -0.488. The molecule has 0 N–H and O–H groups in total. The predicted octanol–water partition coefficient (Wildman–Crippen LogP) is 4.52. The number of ether oxygens (including phenoxy) is 1. The molecule has 0 spiro atoms. The molecule has 0 amide bonds. The van der Waals surface area contributed by atoms with Gasteiger partial charge in [0.2, 0.25) is 0 Å². The number of nitrogens with zero attached hydrogens (tertiary/aromatic N) is 1. The van der Waals surface area contributed by atoms with Gasteiger partial charge in [0.25, 0.3) is 5.69 Å². The van der Waals surface area contributed by atoms with Gasteiger partial charge >= 0.3 is 5.97 Å². The number of esters is 1. The third kappa shape index (κ3) is 4.59. The van der Waals surface area contributed by atoms with E-state index in [9.17, 15) is 24.5 Å². The van der Waals surface area contributed by atoms with Crippen molar-refractivity contribution in [3.05, 3.63) is 110 Å². The van der Waals surface area contributed by atoms with Gasteiger partial charge in [0.15, 0.2) is 18.2 Å². The van der Waals surface area contributed by atoms with Gasteiger partial charge < -0.3 is 4.74 Å². The molecule has 0 heterocycles. The monoisotopic (exact) mass is 423 g/mol. The topological polar surface area (TPSA) is 104 Å².